The van der Waals surface area contributed by atoms with E-state index in [0.29, 0.717) is 24.2 Å². The number of benzene rings is 2. The van der Waals surface area contributed by atoms with Gasteiger partial charge >= 0.3 is 0 Å². The predicted molar refractivity (Wildman–Crippen MR) is 109 cm³/mol. The van der Waals surface area contributed by atoms with Crippen LogP contribution in [-0.4, -0.2) is 35.3 Å². The van der Waals surface area contributed by atoms with Crippen LogP contribution in [0.1, 0.15) is 31.8 Å². The van der Waals surface area contributed by atoms with Crippen LogP contribution in [-0.2, 0) is 13.0 Å². The van der Waals surface area contributed by atoms with Crippen molar-refractivity contribution in [2.45, 2.75) is 13.0 Å². The molecule has 0 atom stereocenters. The van der Waals surface area contributed by atoms with Gasteiger partial charge in [0, 0.05) is 43.7 Å². The first-order valence-corrected chi connectivity index (χ1v) is 9.20. The lowest BCUT2D eigenvalue weighted by Crippen LogP contribution is -2.29. The van der Waals surface area contributed by atoms with Gasteiger partial charge in [-0.25, -0.2) is 0 Å². The SMILES string of the molecule is CN(CCc1ccncc1)C(=O)c1cccc(C(=O)NCc2ccccc2)c1. The van der Waals surface area contributed by atoms with Gasteiger partial charge in [-0.05, 0) is 47.9 Å². The maximum Gasteiger partial charge on any atom is 0.253 e. The molecule has 0 aliphatic heterocycles. The molecule has 1 heterocycles. The van der Waals surface area contributed by atoms with Gasteiger partial charge in [-0.1, -0.05) is 36.4 Å². The maximum atomic E-state index is 12.7. The molecule has 1 aromatic heterocycles. The molecule has 5 nitrogen and oxygen atoms in total. The quantitative estimate of drug-likeness (QED) is 0.691. The van der Waals surface area contributed by atoms with Crippen LogP contribution in [0.15, 0.2) is 79.1 Å². The first-order chi connectivity index (χ1) is 13.6. The van der Waals surface area contributed by atoms with Crippen molar-refractivity contribution >= 4 is 11.8 Å². The Morgan fingerprint density at radius 2 is 1.61 bits per heavy atom. The molecule has 2 aromatic carbocycles. The standard InChI is InChI=1S/C23H23N3O2/c1-26(15-12-18-10-13-24-14-11-18)23(28)21-9-5-8-20(16-21)22(27)25-17-19-6-3-2-4-7-19/h2-11,13-14,16H,12,15,17H2,1H3,(H,25,27). The second kappa shape index (κ2) is 9.46. The molecule has 2 amide bonds. The Balaban J connectivity index is 1.59. The van der Waals surface area contributed by atoms with E-state index in [9.17, 15) is 9.59 Å². The van der Waals surface area contributed by atoms with Gasteiger partial charge in [0.05, 0.1) is 0 Å². The summed E-state index contributed by atoms with van der Waals surface area (Å²) in [7, 11) is 1.77. The normalized spacial score (nSPS) is 10.3. The first-order valence-electron chi connectivity index (χ1n) is 9.20. The van der Waals surface area contributed by atoms with E-state index in [1.165, 1.54) is 0 Å². The van der Waals surface area contributed by atoms with Crippen LogP contribution in [0.2, 0.25) is 0 Å². The third-order valence-corrected chi connectivity index (χ3v) is 4.50. The van der Waals surface area contributed by atoms with Crippen LogP contribution < -0.4 is 5.32 Å². The minimum Gasteiger partial charge on any atom is -0.348 e. The van der Waals surface area contributed by atoms with Crippen LogP contribution in [0.4, 0.5) is 0 Å². The summed E-state index contributed by atoms with van der Waals surface area (Å²) >= 11 is 0. The fourth-order valence-corrected chi connectivity index (χ4v) is 2.84. The molecule has 0 fully saturated rings. The predicted octanol–water partition coefficient (Wildman–Crippen LogP) is 3.33. The largest absolute Gasteiger partial charge is 0.348 e. The number of nitrogens with one attached hydrogen (secondary N) is 1. The van der Waals surface area contributed by atoms with E-state index < -0.39 is 0 Å². The third kappa shape index (κ3) is 5.27. The number of hydrogen-bond acceptors (Lipinski definition) is 3. The molecule has 0 saturated heterocycles. The lowest BCUT2D eigenvalue weighted by Gasteiger charge is -2.17. The van der Waals surface area contributed by atoms with Crippen LogP contribution in [0, 0.1) is 0 Å². The molecule has 0 bridgehead atoms. The molecular weight excluding hydrogens is 350 g/mol. The molecule has 0 radical (unpaired) electrons. The van der Waals surface area contributed by atoms with Gasteiger partial charge in [-0.15, -0.1) is 0 Å². The highest BCUT2D eigenvalue weighted by Crippen LogP contribution is 2.10. The zero-order valence-corrected chi connectivity index (χ0v) is 15.8. The zero-order chi connectivity index (χ0) is 19.8. The molecule has 0 unspecified atom stereocenters. The van der Waals surface area contributed by atoms with Crippen molar-refractivity contribution in [2.24, 2.45) is 0 Å². The van der Waals surface area contributed by atoms with Crippen molar-refractivity contribution in [1.82, 2.24) is 15.2 Å². The van der Waals surface area contributed by atoms with Gasteiger partial charge in [0.15, 0.2) is 0 Å². The molecule has 0 aliphatic rings. The summed E-state index contributed by atoms with van der Waals surface area (Å²) in [6, 6.07) is 20.4. The number of rotatable bonds is 7. The maximum absolute atomic E-state index is 12.7. The van der Waals surface area contributed by atoms with E-state index in [2.05, 4.69) is 10.3 Å². The van der Waals surface area contributed by atoms with E-state index in [-0.39, 0.29) is 11.8 Å². The average molecular weight is 373 g/mol. The number of likely N-dealkylation sites (N-methyl/N-ethyl adjacent to an activating group) is 1. The van der Waals surface area contributed by atoms with Crippen LogP contribution >= 0.6 is 0 Å². The number of nitrogens with zero attached hydrogens (tertiary/aromatic N) is 2. The summed E-state index contributed by atoms with van der Waals surface area (Å²) in [5, 5.41) is 2.89. The number of carbonyl (C=O) groups excluding carboxylic acids is 2. The second-order valence-corrected chi connectivity index (χ2v) is 6.58. The lowest BCUT2D eigenvalue weighted by molar-refractivity contribution is 0.0796. The Morgan fingerprint density at radius 1 is 0.893 bits per heavy atom. The summed E-state index contributed by atoms with van der Waals surface area (Å²) in [5.74, 6) is -0.301. The van der Waals surface area contributed by atoms with Crippen molar-refractivity contribution in [1.29, 1.82) is 0 Å². The summed E-state index contributed by atoms with van der Waals surface area (Å²) < 4.78 is 0. The molecule has 1 N–H and O–H groups in total. The van der Waals surface area contributed by atoms with E-state index in [1.807, 2.05) is 42.5 Å². The molecule has 5 heteroatoms. The Bertz CT molecular complexity index is 927. The van der Waals surface area contributed by atoms with Crippen LogP contribution in [0.5, 0.6) is 0 Å². The fourth-order valence-electron chi connectivity index (χ4n) is 2.84. The summed E-state index contributed by atoms with van der Waals surface area (Å²) in [6.07, 6.45) is 4.24. The third-order valence-electron chi connectivity index (χ3n) is 4.50. The Hall–Kier alpha value is -3.47. The number of carbonyl (C=O) groups is 2. The van der Waals surface area contributed by atoms with Gasteiger partial charge in [0.2, 0.25) is 0 Å². The molecule has 0 saturated carbocycles. The number of hydrogen-bond donors (Lipinski definition) is 1. The molecule has 3 rings (SSSR count). The number of pyridine rings is 1. The van der Waals surface area contributed by atoms with Crippen LogP contribution in [0.25, 0.3) is 0 Å². The summed E-state index contributed by atoms with van der Waals surface area (Å²) in [4.78, 5) is 30.8. The molecule has 0 aliphatic carbocycles. The van der Waals surface area contributed by atoms with E-state index >= 15 is 0 Å². The lowest BCUT2D eigenvalue weighted by atomic mass is 10.1. The zero-order valence-electron chi connectivity index (χ0n) is 15.8. The van der Waals surface area contributed by atoms with Crippen molar-refractivity contribution in [3.8, 4) is 0 Å². The fraction of sp³-hybridized carbons (Fsp3) is 0.174. The smallest absolute Gasteiger partial charge is 0.253 e. The van der Waals surface area contributed by atoms with Crippen LogP contribution in [0.3, 0.4) is 0 Å². The highest BCUT2D eigenvalue weighted by atomic mass is 16.2. The van der Waals surface area contributed by atoms with Gasteiger partial charge in [-0.3, -0.25) is 14.6 Å². The van der Waals surface area contributed by atoms with E-state index in [4.69, 9.17) is 0 Å². The minimum atomic E-state index is -0.196. The second-order valence-electron chi connectivity index (χ2n) is 6.58. The minimum absolute atomic E-state index is 0.105. The van der Waals surface area contributed by atoms with Crippen molar-refractivity contribution < 1.29 is 9.59 Å². The molecule has 142 valence electrons. The van der Waals surface area contributed by atoms with Crippen molar-refractivity contribution in [3.05, 3.63) is 101 Å². The monoisotopic (exact) mass is 373 g/mol. The van der Waals surface area contributed by atoms with Crippen molar-refractivity contribution in [2.75, 3.05) is 13.6 Å². The van der Waals surface area contributed by atoms with Gasteiger partial charge in [0.25, 0.3) is 11.8 Å². The van der Waals surface area contributed by atoms with Gasteiger partial charge in [-0.2, -0.15) is 0 Å². The average Bonchev–Trinajstić information content (AvgIpc) is 2.76. The summed E-state index contributed by atoms with van der Waals surface area (Å²) in [5.41, 5.74) is 3.14. The Kier molecular flexibility index (Phi) is 6.52. The highest BCUT2D eigenvalue weighted by molar-refractivity contribution is 5.99. The molecule has 28 heavy (non-hydrogen) atoms. The number of amides is 2. The van der Waals surface area contributed by atoms with E-state index in [1.54, 1.807) is 48.6 Å². The topological polar surface area (TPSA) is 62.3 Å². The highest BCUT2D eigenvalue weighted by Gasteiger charge is 2.14. The van der Waals surface area contributed by atoms with Gasteiger partial charge < -0.3 is 10.2 Å². The Morgan fingerprint density at radius 3 is 2.36 bits per heavy atom. The first kappa shape index (κ1) is 19.3. The Labute approximate surface area is 165 Å². The summed E-state index contributed by atoms with van der Waals surface area (Å²) in [6.45, 7) is 1.04. The number of aromatic nitrogens is 1. The van der Waals surface area contributed by atoms with E-state index in [0.717, 1.165) is 17.5 Å². The molecule has 0 spiro atoms. The van der Waals surface area contributed by atoms with Gasteiger partial charge in [0.1, 0.15) is 0 Å². The molecule has 3 aromatic rings. The van der Waals surface area contributed by atoms with Crippen molar-refractivity contribution in [3.63, 3.8) is 0 Å². The molecular formula is C23H23N3O2.